The number of rotatable bonds is 8. The summed E-state index contributed by atoms with van der Waals surface area (Å²) in [6, 6.07) is 2.94. The number of likely N-dealkylation sites (N-methyl/N-ethyl adjacent to an activating group) is 1. The van der Waals surface area contributed by atoms with Crippen LogP contribution in [0.25, 0.3) is 0 Å². The average Bonchev–Trinajstić information content (AvgIpc) is 2.96. The van der Waals surface area contributed by atoms with Crippen LogP contribution < -0.4 is 5.32 Å². The van der Waals surface area contributed by atoms with Crippen molar-refractivity contribution in [3.05, 3.63) is 23.7 Å². The molecule has 2 aliphatic rings. The van der Waals surface area contributed by atoms with Crippen LogP contribution in [0.4, 0.5) is 0 Å². The van der Waals surface area contributed by atoms with E-state index in [0.29, 0.717) is 6.10 Å². The van der Waals surface area contributed by atoms with Gasteiger partial charge in [0.1, 0.15) is 5.76 Å². The van der Waals surface area contributed by atoms with E-state index in [4.69, 9.17) is 9.15 Å². The maximum atomic E-state index is 5.72. The van der Waals surface area contributed by atoms with Crippen molar-refractivity contribution in [1.29, 1.82) is 0 Å². The van der Waals surface area contributed by atoms with E-state index in [-0.39, 0.29) is 0 Å². The summed E-state index contributed by atoms with van der Waals surface area (Å²) >= 11 is 0. The summed E-state index contributed by atoms with van der Waals surface area (Å²) in [5.74, 6) is 1.07. The van der Waals surface area contributed by atoms with Gasteiger partial charge in [0.25, 0.3) is 0 Å². The van der Waals surface area contributed by atoms with Crippen molar-refractivity contribution in [1.82, 2.24) is 10.2 Å². The Hall–Kier alpha value is -0.840. The number of nitrogens with zero attached hydrogens (tertiary/aromatic N) is 1. The normalized spacial score (nSPS) is 22.8. The number of furan rings is 1. The number of nitrogens with one attached hydrogen (secondary N) is 1. The minimum absolute atomic E-state index is 0.418. The summed E-state index contributed by atoms with van der Waals surface area (Å²) in [6.45, 7) is 7.02. The Labute approximate surface area is 121 Å². The zero-order chi connectivity index (χ0) is 13.8. The van der Waals surface area contributed by atoms with Crippen molar-refractivity contribution in [2.45, 2.75) is 57.8 Å². The molecule has 1 unspecified atom stereocenters. The van der Waals surface area contributed by atoms with Crippen LogP contribution >= 0.6 is 0 Å². The van der Waals surface area contributed by atoms with E-state index < -0.39 is 0 Å². The van der Waals surface area contributed by atoms with Crippen molar-refractivity contribution in [3.8, 4) is 0 Å². The fraction of sp³-hybridized carbons (Fsp3) is 0.750. The van der Waals surface area contributed by atoms with Crippen molar-refractivity contribution in [2.24, 2.45) is 0 Å². The molecule has 1 saturated carbocycles. The van der Waals surface area contributed by atoms with Gasteiger partial charge in [-0.1, -0.05) is 6.92 Å². The van der Waals surface area contributed by atoms with Crippen LogP contribution in [-0.4, -0.2) is 36.7 Å². The second kappa shape index (κ2) is 6.74. The van der Waals surface area contributed by atoms with Crippen LogP contribution in [-0.2, 0) is 17.8 Å². The topological polar surface area (TPSA) is 37.6 Å². The fourth-order valence-corrected chi connectivity index (χ4v) is 2.75. The van der Waals surface area contributed by atoms with Crippen LogP contribution in [0, 0.1) is 0 Å². The highest BCUT2D eigenvalue weighted by molar-refractivity contribution is 5.13. The molecule has 0 spiro atoms. The largest absolute Gasteiger partial charge is 0.468 e. The van der Waals surface area contributed by atoms with Gasteiger partial charge in [-0.2, -0.15) is 0 Å². The molecular weight excluding hydrogens is 252 g/mol. The third kappa shape index (κ3) is 4.08. The lowest BCUT2D eigenvalue weighted by Crippen LogP contribution is -2.31. The van der Waals surface area contributed by atoms with Crippen LogP contribution in [0.1, 0.15) is 43.9 Å². The van der Waals surface area contributed by atoms with Gasteiger partial charge in [0, 0.05) is 31.3 Å². The summed E-state index contributed by atoms with van der Waals surface area (Å²) in [6.07, 6.45) is 7.38. The molecule has 1 aromatic rings. The van der Waals surface area contributed by atoms with Gasteiger partial charge in [-0.15, -0.1) is 0 Å². The molecule has 1 aliphatic heterocycles. The molecule has 20 heavy (non-hydrogen) atoms. The summed E-state index contributed by atoms with van der Waals surface area (Å²) in [5, 5.41) is 3.52. The Morgan fingerprint density at radius 3 is 2.95 bits per heavy atom. The van der Waals surface area contributed by atoms with E-state index in [2.05, 4.69) is 23.2 Å². The second-order valence-corrected chi connectivity index (χ2v) is 6.04. The lowest BCUT2D eigenvalue weighted by molar-refractivity contribution is 0.0703. The molecule has 0 bridgehead atoms. The Bertz CT molecular complexity index is 408. The Morgan fingerprint density at radius 1 is 1.35 bits per heavy atom. The standard InChI is InChI=1S/C16H26N2O2/c1-2-18(10-15-4-3-7-19-15)11-16-8-13(12-20-16)9-17-14-5-6-14/h8,12,14-15,17H,2-7,9-11H2,1H3. The molecular formula is C16H26N2O2. The minimum atomic E-state index is 0.418. The Kier molecular flexibility index (Phi) is 4.76. The van der Waals surface area contributed by atoms with Crippen molar-refractivity contribution < 1.29 is 9.15 Å². The van der Waals surface area contributed by atoms with Gasteiger partial charge in [0.05, 0.1) is 18.9 Å². The SMILES string of the molecule is CCN(Cc1cc(CNC2CC2)co1)CC1CCCO1. The van der Waals surface area contributed by atoms with Crippen molar-refractivity contribution in [3.63, 3.8) is 0 Å². The molecule has 4 heteroatoms. The summed E-state index contributed by atoms with van der Waals surface area (Å²) in [4.78, 5) is 2.41. The lowest BCUT2D eigenvalue weighted by atomic mass is 10.2. The van der Waals surface area contributed by atoms with E-state index in [0.717, 1.165) is 44.6 Å². The van der Waals surface area contributed by atoms with E-state index in [1.54, 1.807) is 0 Å². The molecule has 4 nitrogen and oxygen atoms in total. The van der Waals surface area contributed by atoms with E-state index in [1.165, 1.54) is 31.2 Å². The molecule has 1 saturated heterocycles. The highest BCUT2D eigenvalue weighted by Gasteiger charge is 2.21. The van der Waals surface area contributed by atoms with Gasteiger partial charge in [-0.05, 0) is 38.3 Å². The zero-order valence-electron chi connectivity index (χ0n) is 12.4. The average molecular weight is 278 g/mol. The number of hydrogen-bond donors (Lipinski definition) is 1. The first kappa shape index (κ1) is 14.1. The third-order valence-electron chi connectivity index (χ3n) is 4.19. The smallest absolute Gasteiger partial charge is 0.118 e. The molecule has 2 fully saturated rings. The van der Waals surface area contributed by atoms with Gasteiger partial charge in [0.15, 0.2) is 0 Å². The number of hydrogen-bond acceptors (Lipinski definition) is 4. The fourth-order valence-electron chi connectivity index (χ4n) is 2.75. The first-order valence-electron chi connectivity index (χ1n) is 7.97. The molecule has 0 amide bonds. The molecule has 3 rings (SSSR count). The molecule has 1 N–H and O–H groups in total. The highest BCUT2D eigenvalue weighted by Crippen LogP contribution is 2.20. The van der Waals surface area contributed by atoms with Crippen LogP contribution in [0.3, 0.4) is 0 Å². The molecule has 0 radical (unpaired) electrons. The molecule has 1 aromatic heterocycles. The molecule has 0 aromatic carbocycles. The maximum Gasteiger partial charge on any atom is 0.118 e. The number of ether oxygens (including phenoxy) is 1. The summed E-state index contributed by atoms with van der Waals surface area (Å²) < 4.78 is 11.4. The summed E-state index contributed by atoms with van der Waals surface area (Å²) in [7, 11) is 0. The van der Waals surface area contributed by atoms with Crippen molar-refractivity contribution >= 4 is 0 Å². The monoisotopic (exact) mass is 278 g/mol. The van der Waals surface area contributed by atoms with Crippen LogP contribution in [0.15, 0.2) is 16.7 Å². The van der Waals surface area contributed by atoms with Gasteiger partial charge < -0.3 is 14.5 Å². The van der Waals surface area contributed by atoms with Crippen molar-refractivity contribution in [2.75, 3.05) is 19.7 Å². The minimum Gasteiger partial charge on any atom is -0.468 e. The quantitative estimate of drug-likeness (QED) is 0.793. The predicted molar refractivity (Wildman–Crippen MR) is 78.5 cm³/mol. The Morgan fingerprint density at radius 2 is 2.25 bits per heavy atom. The van der Waals surface area contributed by atoms with E-state index in [1.807, 2.05) is 6.26 Å². The zero-order valence-corrected chi connectivity index (χ0v) is 12.4. The lowest BCUT2D eigenvalue weighted by Gasteiger charge is -2.22. The second-order valence-electron chi connectivity index (χ2n) is 6.04. The predicted octanol–water partition coefficient (Wildman–Crippen LogP) is 2.53. The van der Waals surface area contributed by atoms with Crippen LogP contribution in [0.2, 0.25) is 0 Å². The molecule has 1 atom stereocenters. The molecule has 112 valence electrons. The first-order chi connectivity index (χ1) is 9.83. The van der Waals surface area contributed by atoms with Gasteiger partial charge in [0.2, 0.25) is 0 Å². The Balaban J connectivity index is 1.46. The first-order valence-corrected chi connectivity index (χ1v) is 7.97. The van der Waals surface area contributed by atoms with Gasteiger partial charge in [-0.3, -0.25) is 4.90 Å². The van der Waals surface area contributed by atoms with Gasteiger partial charge >= 0.3 is 0 Å². The maximum absolute atomic E-state index is 5.72. The van der Waals surface area contributed by atoms with E-state index in [9.17, 15) is 0 Å². The van der Waals surface area contributed by atoms with Crippen LogP contribution in [0.5, 0.6) is 0 Å². The van der Waals surface area contributed by atoms with Gasteiger partial charge in [-0.25, -0.2) is 0 Å². The summed E-state index contributed by atoms with van der Waals surface area (Å²) in [5.41, 5.74) is 1.26. The third-order valence-corrected chi connectivity index (χ3v) is 4.19. The molecule has 1 aliphatic carbocycles. The molecule has 2 heterocycles. The van der Waals surface area contributed by atoms with E-state index >= 15 is 0 Å². The highest BCUT2D eigenvalue weighted by atomic mass is 16.5.